The highest BCUT2D eigenvalue weighted by Crippen LogP contribution is 2.33. The Kier molecular flexibility index (Phi) is 6.65. The molecule has 1 aromatic carbocycles. The Hall–Kier alpha value is -2.78. The number of esters is 1. The van der Waals surface area contributed by atoms with Gasteiger partial charge in [-0.05, 0) is 37.5 Å². The fourth-order valence-electron chi connectivity index (χ4n) is 5.59. The Balaban J connectivity index is 1.19. The van der Waals surface area contributed by atoms with Crippen molar-refractivity contribution in [1.29, 1.82) is 0 Å². The molecule has 3 aliphatic rings. The number of hydrogen-bond acceptors (Lipinski definition) is 7. The van der Waals surface area contributed by atoms with Crippen LogP contribution < -0.4 is 10.9 Å². The number of morpholine rings is 1. The topological polar surface area (TPSA) is 103 Å². The second-order valence-corrected chi connectivity index (χ2v) is 9.56. The summed E-state index contributed by atoms with van der Waals surface area (Å²) < 4.78 is 12.5. The lowest BCUT2D eigenvalue weighted by Gasteiger charge is -2.48. The van der Waals surface area contributed by atoms with Crippen molar-refractivity contribution in [2.24, 2.45) is 0 Å². The van der Waals surface area contributed by atoms with Crippen molar-refractivity contribution in [3.63, 3.8) is 0 Å². The molecule has 9 nitrogen and oxygen atoms in total. The molecule has 0 radical (unpaired) electrons. The molecule has 1 aliphatic carbocycles. The van der Waals surface area contributed by atoms with Crippen LogP contribution in [0.3, 0.4) is 0 Å². The third-order valence-corrected chi connectivity index (χ3v) is 7.47. The highest BCUT2D eigenvalue weighted by Gasteiger charge is 2.38. The number of carbonyl (C=O) groups excluding carboxylic acids is 2. The van der Waals surface area contributed by atoms with Gasteiger partial charge in [-0.2, -0.15) is 0 Å². The van der Waals surface area contributed by atoms with Crippen LogP contribution in [0.15, 0.2) is 23.0 Å². The van der Waals surface area contributed by atoms with Crippen molar-refractivity contribution in [2.75, 3.05) is 39.5 Å². The molecule has 5 rings (SSSR count). The number of carbonyl (C=O) groups is 2. The van der Waals surface area contributed by atoms with Crippen LogP contribution in [-0.4, -0.2) is 71.3 Å². The van der Waals surface area contributed by atoms with Crippen LogP contribution in [0.5, 0.6) is 0 Å². The van der Waals surface area contributed by atoms with E-state index in [1.54, 1.807) is 22.8 Å². The summed E-state index contributed by atoms with van der Waals surface area (Å²) in [7, 11) is 0. The summed E-state index contributed by atoms with van der Waals surface area (Å²) in [6.07, 6.45) is 7.31. The van der Waals surface area contributed by atoms with Gasteiger partial charge in [0, 0.05) is 38.1 Å². The van der Waals surface area contributed by atoms with Gasteiger partial charge < -0.3 is 14.8 Å². The number of fused-ring (bicyclic) bond motifs is 2. The van der Waals surface area contributed by atoms with Gasteiger partial charge in [0.1, 0.15) is 5.82 Å². The van der Waals surface area contributed by atoms with Crippen LogP contribution in [0.4, 0.5) is 0 Å². The molecular formula is C25H32N4O5. The van der Waals surface area contributed by atoms with E-state index in [2.05, 4.69) is 15.2 Å². The van der Waals surface area contributed by atoms with Gasteiger partial charge in [-0.3, -0.25) is 19.1 Å². The predicted octanol–water partition coefficient (Wildman–Crippen LogP) is 1.65. The van der Waals surface area contributed by atoms with Gasteiger partial charge in [-0.15, -0.1) is 0 Å². The highest BCUT2D eigenvalue weighted by molar-refractivity contribution is 5.95. The first kappa shape index (κ1) is 23.0. The summed E-state index contributed by atoms with van der Waals surface area (Å²) >= 11 is 0. The van der Waals surface area contributed by atoms with Gasteiger partial charge in [0.2, 0.25) is 0 Å². The van der Waals surface area contributed by atoms with Crippen LogP contribution in [0.2, 0.25) is 0 Å². The van der Waals surface area contributed by atoms with E-state index in [4.69, 9.17) is 9.47 Å². The molecule has 0 unspecified atom stereocenters. The number of hydrogen-bond donors (Lipinski definition) is 1. The second kappa shape index (κ2) is 9.84. The van der Waals surface area contributed by atoms with E-state index in [1.165, 1.54) is 6.42 Å². The Morgan fingerprint density at radius 1 is 1.09 bits per heavy atom. The number of aromatic nitrogens is 2. The average molecular weight is 469 g/mol. The Labute approximate surface area is 198 Å². The highest BCUT2D eigenvalue weighted by atomic mass is 16.5. The van der Waals surface area contributed by atoms with E-state index >= 15 is 0 Å². The lowest BCUT2D eigenvalue weighted by atomic mass is 9.79. The fourth-order valence-corrected chi connectivity index (χ4v) is 5.59. The van der Waals surface area contributed by atoms with Gasteiger partial charge in [0.25, 0.3) is 11.5 Å². The number of ether oxygens (including phenoxy) is 2. The summed E-state index contributed by atoms with van der Waals surface area (Å²) in [4.78, 5) is 44.8. The zero-order valence-corrected chi connectivity index (χ0v) is 19.5. The molecule has 182 valence electrons. The normalized spacial score (nSPS) is 20.1. The quantitative estimate of drug-likeness (QED) is 0.643. The van der Waals surface area contributed by atoms with Crippen molar-refractivity contribution in [1.82, 2.24) is 19.8 Å². The van der Waals surface area contributed by atoms with Gasteiger partial charge in [-0.1, -0.05) is 19.3 Å². The lowest BCUT2D eigenvalue weighted by molar-refractivity contribution is -0.125. The average Bonchev–Trinajstić information content (AvgIpc) is 3.36. The first-order chi connectivity index (χ1) is 16.6. The van der Waals surface area contributed by atoms with Crippen molar-refractivity contribution in [3.8, 4) is 0 Å². The van der Waals surface area contributed by atoms with Crippen molar-refractivity contribution >= 4 is 22.8 Å². The number of aryl methyl sites for hydroxylation is 1. The second-order valence-electron chi connectivity index (χ2n) is 9.56. The van der Waals surface area contributed by atoms with Crippen LogP contribution in [0.25, 0.3) is 10.9 Å². The third-order valence-electron chi connectivity index (χ3n) is 7.47. The zero-order valence-electron chi connectivity index (χ0n) is 19.5. The van der Waals surface area contributed by atoms with Crippen molar-refractivity contribution < 1.29 is 19.1 Å². The molecule has 1 aromatic heterocycles. The number of rotatable bonds is 6. The van der Waals surface area contributed by atoms with Gasteiger partial charge in [0.05, 0.1) is 29.7 Å². The molecule has 2 aliphatic heterocycles. The standard InChI is InChI=1S/C25H32N4O5/c30-22(26-17-25(8-2-1-3-9-25)28-11-13-33-14-12-28)16-34-24(32)18-6-7-19-20(15-18)27-21-5-4-10-29(21)23(19)31/h6-7,15H,1-5,8-14,16-17H2,(H,26,30). The van der Waals surface area contributed by atoms with E-state index in [-0.39, 0.29) is 29.2 Å². The maximum Gasteiger partial charge on any atom is 0.338 e. The largest absolute Gasteiger partial charge is 0.452 e. The van der Waals surface area contributed by atoms with E-state index in [1.807, 2.05) is 0 Å². The predicted molar refractivity (Wildman–Crippen MR) is 126 cm³/mol. The summed E-state index contributed by atoms with van der Waals surface area (Å²) in [5, 5.41) is 3.49. The molecule has 1 saturated heterocycles. The molecule has 1 N–H and O–H groups in total. The van der Waals surface area contributed by atoms with E-state index in [0.29, 0.717) is 24.0 Å². The van der Waals surface area contributed by atoms with Gasteiger partial charge in [-0.25, -0.2) is 9.78 Å². The fraction of sp³-hybridized carbons (Fsp3) is 0.600. The molecule has 0 spiro atoms. The molecule has 0 bridgehead atoms. The van der Waals surface area contributed by atoms with E-state index in [9.17, 15) is 14.4 Å². The minimum atomic E-state index is -0.597. The number of nitrogens with zero attached hydrogens (tertiary/aromatic N) is 3. The molecule has 34 heavy (non-hydrogen) atoms. The smallest absolute Gasteiger partial charge is 0.338 e. The van der Waals surface area contributed by atoms with Gasteiger partial charge in [0.15, 0.2) is 6.61 Å². The lowest BCUT2D eigenvalue weighted by Crippen LogP contribution is -2.59. The van der Waals surface area contributed by atoms with Gasteiger partial charge >= 0.3 is 5.97 Å². The molecule has 2 fully saturated rings. The van der Waals surface area contributed by atoms with Crippen molar-refractivity contribution in [2.45, 2.75) is 57.0 Å². The van der Waals surface area contributed by atoms with E-state index in [0.717, 1.165) is 70.7 Å². The minimum absolute atomic E-state index is 0.0416. The molecule has 1 amide bonds. The first-order valence-electron chi connectivity index (χ1n) is 12.4. The molecule has 3 heterocycles. The third kappa shape index (κ3) is 4.59. The van der Waals surface area contributed by atoms with Crippen LogP contribution in [0, 0.1) is 0 Å². The molecule has 9 heteroatoms. The van der Waals surface area contributed by atoms with Crippen LogP contribution in [0.1, 0.15) is 54.7 Å². The zero-order chi connectivity index (χ0) is 23.5. The van der Waals surface area contributed by atoms with Crippen LogP contribution >= 0.6 is 0 Å². The summed E-state index contributed by atoms with van der Waals surface area (Å²) in [6.45, 7) is 4.12. The molecule has 2 aromatic rings. The summed E-state index contributed by atoms with van der Waals surface area (Å²) in [5.74, 6) is -0.152. The Bertz CT molecular complexity index is 1130. The number of amides is 1. The summed E-state index contributed by atoms with van der Waals surface area (Å²) in [5.41, 5.74) is 0.655. The summed E-state index contributed by atoms with van der Waals surface area (Å²) in [6, 6.07) is 4.75. The van der Waals surface area contributed by atoms with E-state index < -0.39 is 5.97 Å². The maximum absolute atomic E-state index is 12.6. The molecular weight excluding hydrogens is 436 g/mol. The van der Waals surface area contributed by atoms with Crippen LogP contribution in [-0.2, 0) is 27.2 Å². The Morgan fingerprint density at radius 2 is 1.88 bits per heavy atom. The molecule has 1 saturated carbocycles. The minimum Gasteiger partial charge on any atom is -0.452 e. The maximum atomic E-state index is 12.6. The SMILES string of the molecule is O=C(COC(=O)c1ccc2c(=O)n3c(nc2c1)CCC3)NCC1(N2CCOCC2)CCCCC1. The van der Waals surface area contributed by atoms with Crippen molar-refractivity contribution in [3.05, 3.63) is 39.9 Å². The Morgan fingerprint density at radius 3 is 2.68 bits per heavy atom. The number of benzene rings is 1. The molecule has 0 atom stereocenters. The number of nitrogens with one attached hydrogen (secondary N) is 1. The monoisotopic (exact) mass is 468 g/mol. The first-order valence-corrected chi connectivity index (χ1v) is 12.4.